The maximum atomic E-state index is 11.1. The fourth-order valence-electron chi connectivity index (χ4n) is 1.70. The van der Waals surface area contributed by atoms with Gasteiger partial charge in [-0.05, 0) is 36.4 Å². The van der Waals surface area contributed by atoms with Gasteiger partial charge < -0.3 is 5.11 Å². The Bertz CT molecular complexity index is 458. The van der Waals surface area contributed by atoms with Crippen LogP contribution >= 0.6 is 11.6 Å². The number of carboxylic acid groups (broad SMARTS) is 1. The highest BCUT2D eigenvalue weighted by molar-refractivity contribution is 6.31. The van der Waals surface area contributed by atoms with Crippen LogP contribution < -0.4 is 0 Å². The molecule has 0 saturated heterocycles. The largest absolute Gasteiger partial charge is 0.481 e. The molecule has 1 unspecified atom stereocenters. The summed E-state index contributed by atoms with van der Waals surface area (Å²) < 4.78 is 0. The van der Waals surface area contributed by atoms with Gasteiger partial charge in [-0.15, -0.1) is 0 Å². The number of hydrogen-bond donors (Lipinski definition) is 1. The third-order valence-electron chi connectivity index (χ3n) is 2.65. The number of carboxylic acids is 1. The lowest BCUT2D eigenvalue weighted by molar-refractivity contribution is -0.141. The van der Waals surface area contributed by atoms with Crippen LogP contribution in [0.2, 0.25) is 5.02 Å². The summed E-state index contributed by atoms with van der Waals surface area (Å²) in [5, 5.41) is 13.1. The van der Waals surface area contributed by atoms with Crippen LogP contribution in [0.4, 0.5) is 0 Å². The first-order valence-electron chi connectivity index (χ1n) is 5.62. The zero-order valence-electron chi connectivity index (χ0n) is 9.79. The summed E-state index contributed by atoms with van der Waals surface area (Å²) >= 11 is 6.00. The molecule has 1 aromatic carbocycles. The number of aliphatic carboxylic acids is 1. The predicted octanol–water partition coefficient (Wildman–Crippen LogP) is 3.67. The first-order valence-corrected chi connectivity index (χ1v) is 6.00. The Morgan fingerprint density at radius 2 is 2.22 bits per heavy atom. The molecule has 0 saturated carbocycles. The van der Waals surface area contributed by atoms with E-state index in [9.17, 15) is 4.79 Å². The van der Waals surface area contributed by atoms with Gasteiger partial charge in [0.15, 0.2) is 0 Å². The van der Waals surface area contributed by atoms with Gasteiger partial charge in [0.25, 0.3) is 0 Å². The Hall–Kier alpha value is -1.71. The number of rotatable bonds is 7. The Labute approximate surface area is 110 Å². The molecule has 1 atom stereocenters. The van der Waals surface area contributed by atoms with E-state index >= 15 is 0 Å². The van der Waals surface area contributed by atoms with Crippen LogP contribution in [0.3, 0.4) is 0 Å². The summed E-state index contributed by atoms with van der Waals surface area (Å²) in [5.41, 5.74) is 8.97. The quantitative estimate of drug-likeness (QED) is 0.354. The summed E-state index contributed by atoms with van der Waals surface area (Å²) in [4.78, 5) is 13.8. The second-order valence-electron chi connectivity index (χ2n) is 3.93. The topological polar surface area (TPSA) is 86.1 Å². The number of hydrogen-bond acceptors (Lipinski definition) is 2. The van der Waals surface area contributed by atoms with E-state index in [0.717, 1.165) is 5.56 Å². The third-order valence-corrected chi connectivity index (χ3v) is 3.02. The Morgan fingerprint density at radius 3 is 2.83 bits per heavy atom. The minimum atomic E-state index is -0.851. The van der Waals surface area contributed by atoms with E-state index < -0.39 is 11.9 Å². The Balaban J connectivity index is 2.60. The highest BCUT2D eigenvalue weighted by Crippen LogP contribution is 2.21. The van der Waals surface area contributed by atoms with E-state index in [1.807, 2.05) is 18.2 Å². The van der Waals surface area contributed by atoms with Crippen molar-refractivity contribution in [2.75, 3.05) is 6.54 Å². The van der Waals surface area contributed by atoms with E-state index in [0.29, 0.717) is 30.8 Å². The smallest absolute Gasteiger partial charge is 0.306 e. The van der Waals surface area contributed by atoms with Crippen molar-refractivity contribution >= 4 is 17.6 Å². The van der Waals surface area contributed by atoms with Crippen LogP contribution in [0.1, 0.15) is 18.4 Å². The molecule has 1 N–H and O–H groups in total. The van der Waals surface area contributed by atoms with Crippen molar-refractivity contribution < 1.29 is 9.90 Å². The van der Waals surface area contributed by atoms with Crippen LogP contribution in [-0.2, 0) is 11.2 Å². The number of nitrogens with zero attached hydrogens (tertiary/aromatic N) is 3. The fraction of sp³-hybridized carbons (Fsp3) is 0.417. The monoisotopic (exact) mass is 267 g/mol. The molecule has 6 heteroatoms. The van der Waals surface area contributed by atoms with Crippen molar-refractivity contribution in [1.82, 2.24) is 0 Å². The summed E-state index contributed by atoms with van der Waals surface area (Å²) in [6, 6.07) is 7.21. The predicted molar refractivity (Wildman–Crippen MR) is 69.5 cm³/mol. The SMILES string of the molecule is [N-]=[N+]=NCCCC(Cc1ccccc1Cl)C(=O)O. The molecule has 0 aromatic heterocycles. The molecular weight excluding hydrogens is 254 g/mol. The number of halogens is 1. The minimum absolute atomic E-state index is 0.322. The Morgan fingerprint density at radius 1 is 1.50 bits per heavy atom. The number of azide groups is 1. The molecule has 18 heavy (non-hydrogen) atoms. The normalized spacial score (nSPS) is 11.6. The van der Waals surface area contributed by atoms with Gasteiger partial charge >= 0.3 is 5.97 Å². The summed E-state index contributed by atoms with van der Waals surface area (Å²) in [5.74, 6) is -1.35. The van der Waals surface area contributed by atoms with E-state index in [1.54, 1.807) is 6.07 Å². The fourth-order valence-corrected chi connectivity index (χ4v) is 1.91. The van der Waals surface area contributed by atoms with Crippen molar-refractivity contribution in [2.45, 2.75) is 19.3 Å². The molecule has 5 nitrogen and oxygen atoms in total. The maximum absolute atomic E-state index is 11.1. The molecule has 0 amide bonds. The van der Waals surface area contributed by atoms with Crippen molar-refractivity contribution in [3.8, 4) is 0 Å². The lowest BCUT2D eigenvalue weighted by Crippen LogP contribution is -2.17. The molecule has 0 bridgehead atoms. The van der Waals surface area contributed by atoms with Gasteiger partial charge in [-0.25, -0.2) is 0 Å². The minimum Gasteiger partial charge on any atom is -0.481 e. The molecule has 1 rings (SSSR count). The number of benzene rings is 1. The van der Waals surface area contributed by atoms with E-state index in [4.69, 9.17) is 22.2 Å². The number of carbonyl (C=O) groups is 1. The highest BCUT2D eigenvalue weighted by Gasteiger charge is 2.18. The van der Waals surface area contributed by atoms with Crippen molar-refractivity contribution in [2.24, 2.45) is 11.0 Å². The van der Waals surface area contributed by atoms with Gasteiger partial charge in [-0.3, -0.25) is 4.79 Å². The van der Waals surface area contributed by atoms with Crippen LogP contribution in [-0.4, -0.2) is 17.6 Å². The molecule has 96 valence electrons. The van der Waals surface area contributed by atoms with Gasteiger partial charge in [0.1, 0.15) is 0 Å². The van der Waals surface area contributed by atoms with Gasteiger partial charge in [-0.1, -0.05) is 34.9 Å². The molecule has 1 aromatic rings. The molecule has 0 aliphatic carbocycles. The summed E-state index contributed by atoms with van der Waals surface area (Å²) in [6.45, 7) is 0.322. The van der Waals surface area contributed by atoms with Gasteiger partial charge in [0, 0.05) is 16.5 Å². The van der Waals surface area contributed by atoms with Crippen molar-refractivity contribution in [3.05, 3.63) is 45.3 Å². The molecule has 0 aliphatic rings. The lowest BCUT2D eigenvalue weighted by atomic mass is 9.95. The van der Waals surface area contributed by atoms with Crippen LogP contribution in [0.25, 0.3) is 10.4 Å². The van der Waals surface area contributed by atoms with Gasteiger partial charge in [0.05, 0.1) is 5.92 Å². The Kier molecular flexibility index (Phi) is 6.05. The molecule has 0 radical (unpaired) electrons. The zero-order valence-corrected chi connectivity index (χ0v) is 10.5. The average Bonchev–Trinajstić information content (AvgIpc) is 2.35. The van der Waals surface area contributed by atoms with Crippen LogP contribution in [0.15, 0.2) is 29.4 Å². The van der Waals surface area contributed by atoms with Crippen molar-refractivity contribution in [3.63, 3.8) is 0 Å². The first-order chi connectivity index (χ1) is 8.65. The second-order valence-corrected chi connectivity index (χ2v) is 4.33. The van der Waals surface area contributed by atoms with Gasteiger partial charge in [0.2, 0.25) is 0 Å². The van der Waals surface area contributed by atoms with E-state index in [-0.39, 0.29) is 0 Å². The summed E-state index contributed by atoms with van der Waals surface area (Å²) in [7, 11) is 0. The summed E-state index contributed by atoms with van der Waals surface area (Å²) in [6.07, 6.45) is 1.43. The van der Waals surface area contributed by atoms with E-state index in [1.165, 1.54) is 0 Å². The third kappa shape index (κ3) is 4.65. The van der Waals surface area contributed by atoms with Crippen LogP contribution in [0.5, 0.6) is 0 Å². The average molecular weight is 268 g/mol. The molecule has 0 fully saturated rings. The first kappa shape index (κ1) is 14.4. The molecule has 0 heterocycles. The standard InChI is InChI=1S/C12H14ClN3O2/c13-11-6-2-1-4-9(11)8-10(12(17)18)5-3-7-15-16-14/h1-2,4,6,10H,3,5,7-8H2,(H,17,18). The van der Waals surface area contributed by atoms with Crippen LogP contribution in [0, 0.1) is 5.92 Å². The second kappa shape index (κ2) is 7.58. The molecule has 0 spiro atoms. The highest BCUT2D eigenvalue weighted by atomic mass is 35.5. The van der Waals surface area contributed by atoms with Gasteiger partial charge in [-0.2, -0.15) is 0 Å². The van der Waals surface area contributed by atoms with Crippen molar-refractivity contribution in [1.29, 1.82) is 0 Å². The molecule has 0 aliphatic heterocycles. The maximum Gasteiger partial charge on any atom is 0.306 e. The van der Waals surface area contributed by atoms with E-state index in [2.05, 4.69) is 10.0 Å². The molecular formula is C12H14ClN3O2. The lowest BCUT2D eigenvalue weighted by Gasteiger charge is -2.12. The zero-order chi connectivity index (χ0) is 13.4.